The van der Waals surface area contributed by atoms with Gasteiger partial charge in [-0.25, -0.2) is 0 Å². The summed E-state index contributed by atoms with van der Waals surface area (Å²) >= 11 is 0. The van der Waals surface area contributed by atoms with E-state index in [1.54, 1.807) is 0 Å². The van der Waals surface area contributed by atoms with Crippen LogP contribution >= 0.6 is 0 Å². The van der Waals surface area contributed by atoms with Crippen LogP contribution < -0.4 is 0 Å². The number of hydrogen-bond acceptors (Lipinski definition) is 1. The molecule has 0 aromatic heterocycles. The molecule has 27 heavy (non-hydrogen) atoms. The fourth-order valence-corrected chi connectivity index (χ4v) is 6.73. The van der Waals surface area contributed by atoms with Gasteiger partial charge in [0.1, 0.15) is 0 Å². The summed E-state index contributed by atoms with van der Waals surface area (Å²) in [6, 6.07) is 1.27. The lowest BCUT2D eigenvalue weighted by Gasteiger charge is -2.44. The normalized spacial score (nSPS) is 32.6. The summed E-state index contributed by atoms with van der Waals surface area (Å²) in [5, 5.41) is 0. The molecule has 2 fully saturated rings. The molecule has 0 aromatic carbocycles. The Balaban J connectivity index is 1.77. The fourth-order valence-electron chi connectivity index (χ4n) is 6.73. The molecule has 3 aliphatic carbocycles. The van der Waals surface area contributed by atoms with E-state index in [0.29, 0.717) is 12.1 Å². The Kier molecular flexibility index (Phi) is 7.48. The van der Waals surface area contributed by atoms with Crippen LogP contribution in [0.4, 0.5) is 0 Å². The Hall–Kier alpha value is -0.755. The summed E-state index contributed by atoms with van der Waals surface area (Å²) in [6.07, 6.45) is 22.9. The molecule has 0 amide bonds. The molecular weight excluding hydrogens is 325 g/mol. The second-order valence-electron chi connectivity index (χ2n) is 10.0. The zero-order valence-corrected chi connectivity index (χ0v) is 18.3. The Morgan fingerprint density at radius 2 is 1.78 bits per heavy atom. The number of fused-ring (bicyclic) bond motifs is 1. The van der Waals surface area contributed by atoms with E-state index < -0.39 is 0 Å². The first kappa shape index (κ1) is 21.0. The van der Waals surface area contributed by atoms with Gasteiger partial charge in [0, 0.05) is 0 Å². The molecule has 0 saturated heterocycles. The van der Waals surface area contributed by atoms with Crippen LogP contribution in [0.1, 0.15) is 79.1 Å². The minimum absolute atomic E-state index is 0.636. The predicted octanol–water partition coefficient (Wildman–Crippen LogP) is 7.15. The molecule has 1 nitrogen and oxygen atoms in total. The van der Waals surface area contributed by atoms with E-state index in [4.69, 9.17) is 0 Å². The molecule has 5 atom stereocenters. The lowest BCUT2D eigenvalue weighted by molar-refractivity contribution is 0.286. The summed E-state index contributed by atoms with van der Waals surface area (Å²) in [7, 11) is 0. The maximum atomic E-state index is 3.90. The lowest BCUT2D eigenvalue weighted by Crippen LogP contribution is -2.53. The summed E-state index contributed by atoms with van der Waals surface area (Å²) in [6.45, 7) is 14.4. The third-order valence-electron chi connectivity index (χ3n) is 7.69. The van der Waals surface area contributed by atoms with Gasteiger partial charge in [0.05, 0.1) is 0 Å². The lowest BCUT2D eigenvalue weighted by atomic mass is 9.38. The highest BCUT2D eigenvalue weighted by Crippen LogP contribution is 2.53. The molecule has 0 aromatic rings. The Morgan fingerprint density at radius 3 is 2.48 bits per heavy atom. The van der Waals surface area contributed by atoms with Gasteiger partial charge in [0.2, 0.25) is 6.85 Å². The molecule has 0 bridgehead atoms. The number of allylic oxidation sites excluding steroid dienone is 5. The standard InChI is InChI=1S/C25H42BN/c1-6-7-8-11-21-14-16-23(18-21)26(27(19(2)3)20(4)5)25-17-15-22-12-9-10-13-24(22)25/h6,9-10,12-13,19-25H,1,7-8,11,14-18H2,2-5H3. The van der Waals surface area contributed by atoms with E-state index >= 15 is 0 Å². The summed E-state index contributed by atoms with van der Waals surface area (Å²) < 4.78 is 0. The fraction of sp³-hybridized carbons (Fsp3) is 0.760. The first-order valence-electron chi connectivity index (χ1n) is 11.8. The summed E-state index contributed by atoms with van der Waals surface area (Å²) in [4.78, 5) is 2.90. The zero-order valence-electron chi connectivity index (χ0n) is 18.3. The molecule has 0 aliphatic heterocycles. The molecule has 2 saturated carbocycles. The van der Waals surface area contributed by atoms with Crippen molar-refractivity contribution in [3.05, 3.63) is 37.0 Å². The number of rotatable bonds is 9. The molecule has 0 N–H and O–H groups in total. The van der Waals surface area contributed by atoms with Crippen LogP contribution in [0.15, 0.2) is 37.0 Å². The highest BCUT2D eigenvalue weighted by Gasteiger charge is 2.49. The number of unbranched alkanes of at least 4 members (excludes halogenated alkanes) is 1. The summed E-state index contributed by atoms with van der Waals surface area (Å²) in [5.41, 5.74) is 0. The molecule has 0 spiro atoms. The number of hydrogen-bond donors (Lipinski definition) is 0. The molecule has 0 radical (unpaired) electrons. The second kappa shape index (κ2) is 9.63. The van der Waals surface area contributed by atoms with Gasteiger partial charge in [-0.2, -0.15) is 0 Å². The van der Waals surface area contributed by atoms with Crippen LogP contribution in [0.2, 0.25) is 11.6 Å². The monoisotopic (exact) mass is 367 g/mol. The highest BCUT2D eigenvalue weighted by atomic mass is 15.1. The van der Waals surface area contributed by atoms with Crippen molar-refractivity contribution >= 4 is 6.85 Å². The van der Waals surface area contributed by atoms with Crippen LogP contribution in [0.3, 0.4) is 0 Å². The van der Waals surface area contributed by atoms with E-state index in [9.17, 15) is 0 Å². The number of nitrogens with zero attached hydrogens (tertiary/aromatic N) is 1. The van der Waals surface area contributed by atoms with E-state index in [-0.39, 0.29) is 0 Å². The van der Waals surface area contributed by atoms with Gasteiger partial charge in [0.25, 0.3) is 0 Å². The van der Waals surface area contributed by atoms with E-state index in [0.717, 1.165) is 36.2 Å². The largest absolute Gasteiger partial charge is 0.337 e. The maximum Gasteiger partial charge on any atom is 0.230 e. The van der Waals surface area contributed by atoms with Gasteiger partial charge in [-0.15, -0.1) is 6.58 Å². The van der Waals surface area contributed by atoms with E-state index in [2.05, 4.69) is 69.5 Å². The minimum Gasteiger partial charge on any atom is -0.337 e. The SMILES string of the molecule is C=CCCCC1CCC(B(C2CCC3C=CC=CC32)N(C(C)C)C(C)C)C1. The molecular formula is C25H42BN. The van der Waals surface area contributed by atoms with Gasteiger partial charge in [-0.05, 0) is 60.7 Å². The Labute approximate surface area is 169 Å². The average Bonchev–Trinajstić information content (AvgIpc) is 3.26. The Morgan fingerprint density at radius 1 is 1.04 bits per heavy atom. The zero-order chi connectivity index (χ0) is 19.4. The van der Waals surface area contributed by atoms with Crippen molar-refractivity contribution in [3.63, 3.8) is 0 Å². The van der Waals surface area contributed by atoms with Gasteiger partial charge >= 0.3 is 0 Å². The van der Waals surface area contributed by atoms with Crippen molar-refractivity contribution in [2.75, 3.05) is 0 Å². The first-order valence-corrected chi connectivity index (χ1v) is 11.8. The Bertz CT molecular complexity index is 526. The molecule has 3 aliphatic rings. The molecule has 0 heterocycles. The van der Waals surface area contributed by atoms with Gasteiger partial charge < -0.3 is 4.81 Å². The topological polar surface area (TPSA) is 3.24 Å². The van der Waals surface area contributed by atoms with Gasteiger partial charge in [-0.3, -0.25) is 0 Å². The van der Waals surface area contributed by atoms with Crippen molar-refractivity contribution in [3.8, 4) is 0 Å². The van der Waals surface area contributed by atoms with Crippen LogP contribution in [-0.2, 0) is 0 Å². The quantitative estimate of drug-likeness (QED) is 0.238. The third-order valence-corrected chi connectivity index (χ3v) is 7.69. The van der Waals surface area contributed by atoms with Crippen molar-refractivity contribution in [1.82, 2.24) is 4.81 Å². The van der Waals surface area contributed by atoms with Crippen molar-refractivity contribution in [2.24, 2.45) is 17.8 Å². The van der Waals surface area contributed by atoms with Crippen LogP contribution in [0, 0.1) is 17.8 Å². The van der Waals surface area contributed by atoms with E-state index in [1.807, 2.05) is 0 Å². The van der Waals surface area contributed by atoms with Crippen molar-refractivity contribution in [1.29, 1.82) is 0 Å². The molecule has 3 rings (SSSR count). The summed E-state index contributed by atoms with van der Waals surface area (Å²) in [5.74, 6) is 4.27. The minimum atomic E-state index is 0.636. The van der Waals surface area contributed by atoms with Crippen LogP contribution in [-0.4, -0.2) is 23.7 Å². The maximum absolute atomic E-state index is 3.90. The van der Waals surface area contributed by atoms with Crippen molar-refractivity contribution < 1.29 is 0 Å². The third kappa shape index (κ3) is 4.81. The molecule has 5 unspecified atom stereocenters. The van der Waals surface area contributed by atoms with Crippen LogP contribution in [0.25, 0.3) is 0 Å². The van der Waals surface area contributed by atoms with Gasteiger partial charge in [-0.1, -0.05) is 90.2 Å². The van der Waals surface area contributed by atoms with Gasteiger partial charge in [0.15, 0.2) is 0 Å². The first-order chi connectivity index (χ1) is 13.0. The van der Waals surface area contributed by atoms with Crippen molar-refractivity contribution in [2.45, 2.75) is 103 Å². The molecule has 2 heteroatoms. The highest BCUT2D eigenvalue weighted by molar-refractivity contribution is 6.59. The van der Waals surface area contributed by atoms with Crippen LogP contribution in [0.5, 0.6) is 0 Å². The van der Waals surface area contributed by atoms with E-state index in [1.165, 1.54) is 51.4 Å². The smallest absolute Gasteiger partial charge is 0.230 e. The average molecular weight is 367 g/mol. The molecule has 150 valence electrons. The second-order valence-corrected chi connectivity index (χ2v) is 10.0. The predicted molar refractivity (Wildman–Crippen MR) is 121 cm³/mol.